The van der Waals surface area contributed by atoms with Gasteiger partial charge in [0.05, 0.1) is 19.9 Å². The largest absolute Gasteiger partial charge is 0.495 e. The van der Waals surface area contributed by atoms with Crippen molar-refractivity contribution in [3.05, 3.63) is 41.6 Å². The molecule has 8 nitrogen and oxygen atoms in total. The maximum Gasteiger partial charge on any atom is 0.251 e. The highest BCUT2D eigenvalue weighted by molar-refractivity contribution is 7.89. The van der Waals surface area contributed by atoms with Crippen LogP contribution >= 0.6 is 0 Å². The van der Waals surface area contributed by atoms with Gasteiger partial charge in [0.15, 0.2) is 0 Å². The third kappa shape index (κ3) is 5.16. The van der Waals surface area contributed by atoms with Crippen LogP contribution < -0.4 is 14.8 Å². The summed E-state index contributed by atoms with van der Waals surface area (Å²) in [6.07, 6.45) is 5.48. The lowest BCUT2D eigenvalue weighted by Crippen LogP contribution is -2.41. The van der Waals surface area contributed by atoms with E-state index in [2.05, 4.69) is 21.9 Å². The summed E-state index contributed by atoms with van der Waals surface area (Å²) >= 11 is 0. The second-order valence-electron chi connectivity index (χ2n) is 7.40. The van der Waals surface area contributed by atoms with Gasteiger partial charge in [-0.05, 0) is 43.9 Å². The number of aryl methyl sites for hydroxylation is 1. The molecule has 0 aliphatic heterocycles. The number of ether oxygens (including phenoxy) is 1. The SMILES string of the molecule is COc1ccc(C(=O)NCc2ncc(C)o2)cc1S(=O)(=O)NC1CCCCC1C. The van der Waals surface area contributed by atoms with Gasteiger partial charge >= 0.3 is 0 Å². The van der Waals surface area contributed by atoms with Crippen molar-refractivity contribution in [3.63, 3.8) is 0 Å². The molecule has 3 rings (SSSR count). The van der Waals surface area contributed by atoms with Crippen molar-refractivity contribution in [1.29, 1.82) is 0 Å². The van der Waals surface area contributed by atoms with E-state index in [1.54, 1.807) is 13.1 Å². The second kappa shape index (κ2) is 8.96. The Morgan fingerprint density at radius 1 is 1.31 bits per heavy atom. The maximum atomic E-state index is 13.0. The first-order chi connectivity index (χ1) is 13.8. The molecule has 0 spiro atoms. The minimum atomic E-state index is -3.84. The number of benzene rings is 1. The van der Waals surface area contributed by atoms with E-state index in [9.17, 15) is 13.2 Å². The molecule has 9 heteroatoms. The predicted octanol–water partition coefficient (Wildman–Crippen LogP) is 2.78. The molecule has 1 amide bonds. The summed E-state index contributed by atoms with van der Waals surface area (Å²) in [6, 6.07) is 4.23. The summed E-state index contributed by atoms with van der Waals surface area (Å²) in [5.74, 6) is 1.06. The van der Waals surface area contributed by atoms with Crippen molar-refractivity contribution in [2.24, 2.45) is 5.92 Å². The van der Waals surface area contributed by atoms with Crippen LogP contribution in [0.5, 0.6) is 5.75 Å². The van der Waals surface area contributed by atoms with Gasteiger partial charge in [0.25, 0.3) is 5.91 Å². The van der Waals surface area contributed by atoms with Crippen molar-refractivity contribution in [3.8, 4) is 5.75 Å². The van der Waals surface area contributed by atoms with Gasteiger partial charge in [-0.2, -0.15) is 0 Å². The van der Waals surface area contributed by atoms with E-state index >= 15 is 0 Å². The summed E-state index contributed by atoms with van der Waals surface area (Å²) in [6.45, 7) is 3.93. The predicted molar refractivity (Wildman–Crippen MR) is 107 cm³/mol. The molecule has 1 aliphatic carbocycles. The first-order valence-electron chi connectivity index (χ1n) is 9.70. The zero-order valence-corrected chi connectivity index (χ0v) is 17.7. The molecule has 0 saturated heterocycles. The molecule has 2 atom stereocenters. The Morgan fingerprint density at radius 3 is 2.72 bits per heavy atom. The van der Waals surface area contributed by atoms with Crippen LogP contribution in [0.1, 0.15) is 54.6 Å². The zero-order chi connectivity index (χ0) is 21.0. The van der Waals surface area contributed by atoms with Crippen LogP contribution in [0.25, 0.3) is 0 Å². The van der Waals surface area contributed by atoms with Crippen molar-refractivity contribution in [1.82, 2.24) is 15.0 Å². The molecule has 1 heterocycles. The topological polar surface area (TPSA) is 111 Å². The number of carbonyl (C=O) groups excluding carboxylic acids is 1. The van der Waals surface area contributed by atoms with Gasteiger partial charge in [-0.1, -0.05) is 19.8 Å². The summed E-state index contributed by atoms with van der Waals surface area (Å²) in [5, 5.41) is 2.68. The van der Waals surface area contributed by atoms with Gasteiger partial charge in [-0.15, -0.1) is 0 Å². The van der Waals surface area contributed by atoms with Crippen molar-refractivity contribution in [2.45, 2.75) is 57.0 Å². The van der Waals surface area contributed by atoms with Crippen LogP contribution in [-0.4, -0.2) is 32.5 Å². The highest BCUT2D eigenvalue weighted by Gasteiger charge is 2.29. The fourth-order valence-corrected chi connectivity index (χ4v) is 5.10. The van der Waals surface area contributed by atoms with E-state index in [-0.39, 0.29) is 34.7 Å². The van der Waals surface area contributed by atoms with Crippen LogP contribution in [0.2, 0.25) is 0 Å². The van der Waals surface area contributed by atoms with E-state index < -0.39 is 15.9 Å². The first-order valence-corrected chi connectivity index (χ1v) is 11.2. The maximum absolute atomic E-state index is 13.0. The Hall–Kier alpha value is -2.39. The molecule has 2 N–H and O–H groups in total. The number of oxazole rings is 1. The van der Waals surface area contributed by atoms with E-state index in [0.717, 1.165) is 25.7 Å². The molecular weight excluding hydrogens is 394 g/mol. The smallest absolute Gasteiger partial charge is 0.251 e. The number of amides is 1. The Morgan fingerprint density at radius 2 is 2.07 bits per heavy atom. The van der Waals surface area contributed by atoms with Crippen LogP contribution in [0.4, 0.5) is 0 Å². The average Bonchev–Trinajstić information content (AvgIpc) is 3.12. The Labute approximate surface area is 171 Å². The molecule has 29 heavy (non-hydrogen) atoms. The number of hydrogen-bond acceptors (Lipinski definition) is 6. The van der Waals surface area contributed by atoms with Crippen LogP contribution in [0.15, 0.2) is 33.7 Å². The standard InChI is InChI=1S/C20H27N3O5S/c1-13-6-4-5-7-16(13)23-29(25,26)18-10-15(8-9-17(18)27-3)20(24)22-12-19-21-11-14(2)28-19/h8-11,13,16,23H,4-7,12H2,1-3H3,(H,22,24). The molecular formula is C20H27N3O5S. The van der Waals surface area contributed by atoms with E-state index in [1.165, 1.54) is 25.3 Å². The molecule has 2 unspecified atom stereocenters. The number of sulfonamides is 1. The molecule has 1 aliphatic rings. The normalized spacial score (nSPS) is 19.7. The molecule has 0 bridgehead atoms. The van der Waals surface area contributed by atoms with Gasteiger partial charge < -0.3 is 14.5 Å². The number of methoxy groups -OCH3 is 1. The van der Waals surface area contributed by atoms with Crippen LogP contribution in [0, 0.1) is 12.8 Å². The fraction of sp³-hybridized carbons (Fsp3) is 0.500. The van der Waals surface area contributed by atoms with Crippen molar-refractivity contribution >= 4 is 15.9 Å². The summed E-state index contributed by atoms with van der Waals surface area (Å²) < 4.78 is 39.4. The van der Waals surface area contributed by atoms with E-state index in [4.69, 9.17) is 9.15 Å². The molecule has 1 aromatic heterocycles. The number of hydrogen-bond donors (Lipinski definition) is 2. The average molecular weight is 422 g/mol. The first kappa shape index (κ1) is 21.3. The third-order valence-corrected chi connectivity index (χ3v) is 6.71. The number of carbonyl (C=O) groups is 1. The molecule has 1 aromatic carbocycles. The molecule has 2 aromatic rings. The summed E-state index contributed by atoms with van der Waals surface area (Å²) in [4.78, 5) is 16.5. The van der Waals surface area contributed by atoms with Crippen molar-refractivity contribution in [2.75, 3.05) is 7.11 Å². The second-order valence-corrected chi connectivity index (χ2v) is 9.08. The van der Waals surface area contributed by atoms with Crippen molar-refractivity contribution < 1.29 is 22.4 Å². The lowest BCUT2D eigenvalue weighted by molar-refractivity contribution is 0.0947. The lowest BCUT2D eigenvalue weighted by atomic mass is 9.87. The number of aromatic nitrogens is 1. The van der Waals surface area contributed by atoms with Gasteiger partial charge in [-0.25, -0.2) is 18.1 Å². The Kier molecular flexibility index (Phi) is 6.59. The van der Waals surface area contributed by atoms with Gasteiger partial charge in [0.2, 0.25) is 15.9 Å². The third-order valence-electron chi connectivity index (χ3n) is 5.20. The highest BCUT2D eigenvalue weighted by Crippen LogP contribution is 2.29. The minimum absolute atomic E-state index is 0.0441. The van der Waals surface area contributed by atoms with Gasteiger partial charge in [0, 0.05) is 11.6 Å². The van der Waals surface area contributed by atoms with Crippen LogP contribution in [-0.2, 0) is 16.6 Å². The number of nitrogens with zero attached hydrogens (tertiary/aromatic N) is 1. The molecule has 1 saturated carbocycles. The quantitative estimate of drug-likeness (QED) is 0.711. The number of nitrogens with one attached hydrogen (secondary N) is 2. The van der Waals surface area contributed by atoms with Gasteiger partial charge in [0.1, 0.15) is 16.4 Å². The minimum Gasteiger partial charge on any atom is -0.495 e. The molecule has 0 radical (unpaired) electrons. The summed E-state index contributed by atoms with van der Waals surface area (Å²) in [7, 11) is -2.44. The molecule has 1 fully saturated rings. The lowest BCUT2D eigenvalue weighted by Gasteiger charge is -2.29. The highest BCUT2D eigenvalue weighted by atomic mass is 32.2. The van der Waals surface area contributed by atoms with E-state index in [0.29, 0.717) is 11.7 Å². The molecule has 158 valence electrons. The monoisotopic (exact) mass is 421 g/mol. The number of rotatable bonds is 7. The summed E-state index contributed by atoms with van der Waals surface area (Å²) in [5.41, 5.74) is 0.214. The van der Waals surface area contributed by atoms with E-state index in [1.807, 2.05) is 0 Å². The Bertz CT molecular complexity index is 970. The Balaban J connectivity index is 1.79. The fourth-order valence-electron chi connectivity index (χ4n) is 3.52. The van der Waals surface area contributed by atoms with Gasteiger partial charge in [-0.3, -0.25) is 4.79 Å². The van der Waals surface area contributed by atoms with Crippen LogP contribution in [0.3, 0.4) is 0 Å². The zero-order valence-electron chi connectivity index (χ0n) is 16.9.